The molecule has 0 aliphatic carbocycles. The van der Waals surface area contributed by atoms with Crippen molar-refractivity contribution in [3.05, 3.63) is 36.5 Å². The van der Waals surface area contributed by atoms with Crippen LogP contribution in [0.3, 0.4) is 0 Å². The van der Waals surface area contributed by atoms with Gasteiger partial charge in [-0.05, 0) is 24.3 Å². The monoisotopic (exact) mass is 355 g/mol. The number of likely N-dealkylation sites (tertiary alicyclic amines) is 1. The molecule has 1 aromatic heterocycles. The maximum Gasteiger partial charge on any atom is 0.243 e. The minimum atomic E-state index is -0.383. The number of ether oxygens (including phenoxy) is 3. The van der Waals surface area contributed by atoms with Gasteiger partial charge in [-0.1, -0.05) is 0 Å². The molecule has 3 heterocycles. The van der Waals surface area contributed by atoms with Crippen molar-refractivity contribution in [3.8, 4) is 23.1 Å². The summed E-state index contributed by atoms with van der Waals surface area (Å²) in [5.41, 5.74) is 0.442. The molecule has 4 rings (SSSR count). The molecule has 0 saturated carbocycles. The van der Waals surface area contributed by atoms with Crippen LogP contribution in [0.2, 0.25) is 0 Å². The highest BCUT2D eigenvalue weighted by atomic mass is 16.7. The van der Waals surface area contributed by atoms with Gasteiger partial charge >= 0.3 is 0 Å². The smallest absolute Gasteiger partial charge is 0.243 e. The molecule has 0 radical (unpaired) electrons. The third-order valence-electron chi connectivity index (χ3n) is 4.30. The summed E-state index contributed by atoms with van der Waals surface area (Å²) in [6.45, 7) is 0.585. The molecule has 2 amide bonds. The number of carbonyl (C=O) groups is 2. The Labute approximate surface area is 149 Å². The molecule has 1 saturated heterocycles. The molecule has 0 spiro atoms. The van der Waals surface area contributed by atoms with Crippen LogP contribution in [0.5, 0.6) is 23.1 Å². The van der Waals surface area contributed by atoms with E-state index in [9.17, 15) is 9.59 Å². The molecular weight excluding hydrogens is 338 g/mol. The van der Waals surface area contributed by atoms with Crippen LogP contribution in [0, 0.1) is 5.92 Å². The van der Waals surface area contributed by atoms with Gasteiger partial charge in [-0.3, -0.25) is 9.59 Å². The topological polar surface area (TPSA) is 90.0 Å². The fraction of sp³-hybridized carbons (Fsp3) is 0.278. The number of nitrogens with zero attached hydrogens (tertiary/aromatic N) is 2. The van der Waals surface area contributed by atoms with Crippen LogP contribution in [0.4, 0.5) is 5.69 Å². The van der Waals surface area contributed by atoms with Crippen molar-refractivity contribution < 1.29 is 23.8 Å². The molecule has 0 bridgehead atoms. The lowest BCUT2D eigenvalue weighted by molar-refractivity contribution is -0.127. The number of pyridine rings is 1. The Balaban J connectivity index is 1.50. The average Bonchev–Trinajstić information content (AvgIpc) is 3.23. The maximum absolute atomic E-state index is 12.5. The third kappa shape index (κ3) is 3.13. The van der Waals surface area contributed by atoms with E-state index < -0.39 is 0 Å². The second kappa shape index (κ2) is 6.55. The van der Waals surface area contributed by atoms with Gasteiger partial charge in [0.1, 0.15) is 11.4 Å². The molecule has 1 unspecified atom stereocenters. The van der Waals surface area contributed by atoms with Crippen LogP contribution in [0.25, 0.3) is 0 Å². The van der Waals surface area contributed by atoms with E-state index in [-0.39, 0.29) is 36.8 Å². The summed E-state index contributed by atoms with van der Waals surface area (Å²) in [5, 5.41) is 2.80. The SMILES string of the molecule is CN1CC(C(=O)Nc2cccnc2Oc2ccc3c(c2)OCO3)CC1=O. The lowest BCUT2D eigenvalue weighted by Gasteiger charge is -2.14. The Morgan fingerprint density at radius 3 is 2.96 bits per heavy atom. The number of benzene rings is 1. The molecule has 2 aliphatic rings. The van der Waals surface area contributed by atoms with Crippen molar-refractivity contribution in [2.75, 3.05) is 25.7 Å². The Hall–Kier alpha value is -3.29. The Morgan fingerprint density at radius 1 is 1.31 bits per heavy atom. The van der Waals surface area contributed by atoms with Gasteiger partial charge in [-0.15, -0.1) is 0 Å². The summed E-state index contributed by atoms with van der Waals surface area (Å²) in [5.74, 6) is 1.38. The summed E-state index contributed by atoms with van der Waals surface area (Å²) in [4.78, 5) is 29.8. The molecule has 26 heavy (non-hydrogen) atoms. The number of fused-ring (bicyclic) bond motifs is 1. The molecule has 134 valence electrons. The molecule has 1 atom stereocenters. The van der Waals surface area contributed by atoms with Crippen LogP contribution >= 0.6 is 0 Å². The number of anilines is 1. The lowest BCUT2D eigenvalue weighted by Crippen LogP contribution is -2.25. The first kappa shape index (κ1) is 16.2. The Kier molecular flexibility index (Phi) is 4.08. The van der Waals surface area contributed by atoms with Crippen LogP contribution < -0.4 is 19.5 Å². The van der Waals surface area contributed by atoms with Crippen molar-refractivity contribution in [1.29, 1.82) is 0 Å². The first-order valence-electron chi connectivity index (χ1n) is 8.17. The summed E-state index contributed by atoms with van der Waals surface area (Å²) >= 11 is 0. The minimum absolute atomic E-state index is 0.0341. The van der Waals surface area contributed by atoms with Crippen molar-refractivity contribution in [2.24, 2.45) is 5.92 Å². The zero-order valence-electron chi connectivity index (χ0n) is 14.1. The molecular formula is C18H17N3O5. The molecule has 8 nitrogen and oxygen atoms in total. The predicted octanol–water partition coefficient (Wildman–Crippen LogP) is 2.02. The third-order valence-corrected chi connectivity index (χ3v) is 4.30. The minimum Gasteiger partial charge on any atom is -0.454 e. The number of aromatic nitrogens is 1. The number of amides is 2. The van der Waals surface area contributed by atoms with E-state index in [1.165, 1.54) is 0 Å². The fourth-order valence-electron chi connectivity index (χ4n) is 2.89. The van der Waals surface area contributed by atoms with Crippen LogP contribution in [0.15, 0.2) is 36.5 Å². The molecule has 1 N–H and O–H groups in total. The molecule has 1 fully saturated rings. The number of hydrogen-bond donors (Lipinski definition) is 1. The summed E-state index contributed by atoms with van der Waals surface area (Å²) in [6.07, 6.45) is 1.78. The van der Waals surface area contributed by atoms with Gasteiger partial charge in [-0.25, -0.2) is 4.98 Å². The Morgan fingerprint density at radius 2 is 2.15 bits per heavy atom. The first-order chi connectivity index (χ1) is 12.6. The fourth-order valence-corrected chi connectivity index (χ4v) is 2.89. The first-order valence-corrected chi connectivity index (χ1v) is 8.17. The van der Waals surface area contributed by atoms with Crippen LogP contribution in [-0.4, -0.2) is 42.1 Å². The van der Waals surface area contributed by atoms with Gasteiger partial charge in [0.15, 0.2) is 11.5 Å². The van der Waals surface area contributed by atoms with Crippen LogP contribution in [0.1, 0.15) is 6.42 Å². The van der Waals surface area contributed by atoms with E-state index in [0.29, 0.717) is 29.5 Å². The average molecular weight is 355 g/mol. The lowest BCUT2D eigenvalue weighted by atomic mass is 10.1. The highest BCUT2D eigenvalue weighted by molar-refractivity contribution is 5.97. The molecule has 2 aromatic rings. The number of carbonyl (C=O) groups excluding carboxylic acids is 2. The van der Waals surface area contributed by atoms with E-state index in [1.54, 1.807) is 48.5 Å². The number of nitrogens with one attached hydrogen (secondary N) is 1. The maximum atomic E-state index is 12.5. The summed E-state index contributed by atoms with van der Waals surface area (Å²) < 4.78 is 16.4. The van der Waals surface area contributed by atoms with Gasteiger partial charge in [0.2, 0.25) is 24.5 Å². The number of hydrogen-bond acceptors (Lipinski definition) is 6. The summed E-state index contributed by atoms with van der Waals surface area (Å²) in [6, 6.07) is 8.59. The highest BCUT2D eigenvalue weighted by Crippen LogP contribution is 2.37. The molecule has 2 aliphatic heterocycles. The molecule has 1 aromatic carbocycles. The highest BCUT2D eigenvalue weighted by Gasteiger charge is 2.32. The van der Waals surface area contributed by atoms with Gasteiger partial charge in [-0.2, -0.15) is 0 Å². The standard InChI is InChI=1S/C18H17N3O5/c1-21-9-11(7-16(21)22)17(23)20-13-3-2-6-19-18(13)26-12-4-5-14-15(8-12)25-10-24-14/h2-6,8,11H,7,9-10H2,1H3,(H,20,23). The van der Waals surface area contributed by atoms with E-state index in [4.69, 9.17) is 14.2 Å². The molecule has 8 heteroatoms. The zero-order valence-corrected chi connectivity index (χ0v) is 14.1. The van der Waals surface area contributed by atoms with Gasteiger partial charge in [0.05, 0.1) is 5.92 Å². The zero-order chi connectivity index (χ0) is 18.1. The van der Waals surface area contributed by atoms with Crippen LogP contribution in [-0.2, 0) is 9.59 Å². The van der Waals surface area contributed by atoms with Gasteiger partial charge in [0, 0.05) is 32.3 Å². The van der Waals surface area contributed by atoms with E-state index in [1.807, 2.05) is 0 Å². The second-order valence-corrected chi connectivity index (χ2v) is 6.14. The largest absolute Gasteiger partial charge is 0.454 e. The number of rotatable bonds is 4. The summed E-state index contributed by atoms with van der Waals surface area (Å²) in [7, 11) is 1.69. The van der Waals surface area contributed by atoms with E-state index in [2.05, 4.69) is 10.3 Å². The second-order valence-electron chi connectivity index (χ2n) is 6.14. The van der Waals surface area contributed by atoms with Gasteiger partial charge < -0.3 is 24.4 Å². The van der Waals surface area contributed by atoms with E-state index >= 15 is 0 Å². The van der Waals surface area contributed by atoms with Crippen molar-refractivity contribution in [1.82, 2.24) is 9.88 Å². The Bertz CT molecular complexity index is 870. The van der Waals surface area contributed by atoms with Gasteiger partial charge in [0.25, 0.3) is 0 Å². The van der Waals surface area contributed by atoms with Crippen molar-refractivity contribution in [3.63, 3.8) is 0 Å². The normalized spacial score (nSPS) is 18.1. The predicted molar refractivity (Wildman–Crippen MR) is 91.2 cm³/mol. The van der Waals surface area contributed by atoms with Crippen molar-refractivity contribution in [2.45, 2.75) is 6.42 Å². The van der Waals surface area contributed by atoms with E-state index in [0.717, 1.165) is 0 Å². The van der Waals surface area contributed by atoms with Crippen molar-refractivity contribution >= 4 is 17.5 Å². The quantitative estimate of drug-likeness (QED) is 0.902.